The molecule has 1 aromatic carbocycles. The number of nitrogens with zero attached hydrogens (tertiary/aromatic N) is 3. The minimum atomic E-state index is 0. The van der Waals surface area contributed by atoms with Crippen LogP contribution in [-0.2, 0) is 6.54 Å². The molecule has 0 unspecified atom stereocenters. The van der Waals surface area contributed by atoms with Crippen LogP contribution >= 0.6 is 35.7 Å². The Morgan fingerprint density at radius 3 is 2.44 bits per heavy atom. The Morgan fingerprint density at radius 1 is 1.11 bits per heavy atom. The third-order valence-corrected chi connectivity index (χ3v) is 5.65. The fourth-order valence-electron chi connectivity index (χ4n) is 3.15. The van der Waals surface area contributed by atoms with Gasteiger partial charge < -0.3 is 15.5 Å². The molecular weight excluding hydrogens is 469 g/mol. The Balaban J connectivity index is 0.00000364. The van der Waals surface area contributed by atoms with Crippen LogP contribution < -0.4 is 10.6 Å². The van der Waals surface area contributed by atoms with Crippen LogP contribution in [0.3, 0.4) is 0 Å². The highest BCUT2D eigenvalue weighted by atomic mass is 127. The van der Waals surface area contributed by atoms with Crippen LogP contribution in [0.5, 0.6) is 0 Å². The zero-order chi connectivity index (χ0) is 18.8. The normalized spacial score (nSPS) is 16.1. The van der Waals surface area contributed by atoms with Crippen LogP contribution in [0.2, 0.25) is 0 Å². The fraction of sp³-hybridized carbons (Fsp3) is 0.650. The number of benzene rings is 1. The first-order chi connectivity index (χ1) is 12.7. The van der Waals surface area contributed by atoms with Gasteiger partial charge in [-0.1, -0.05) is 19.1 Å². The average molecular weight is 506 g/mol. The van der Waals surface area contributed by atoms with Gasteiger partial charge in [-0.05, 0) is 43.8 Å². The number of likely N-dealkylation sites (N-methyl/N-ethyl adjacent to an activating group) is 1. The molecule has 0 saturated carbocycles. The summed E-state index contributed by atoms with van der Waals surface area (Å²) < 4.78 is 0. The molecular formula is C20H36IN5S. The predicted molar refractivity (Wildman–Crippen MR) is 130 cm³/mol. The topological polar surface area (TPSA) is 42.9 Å². The molecule has 1 aliphatic heterocycles. The van der Waals surface area contributed by atoms with Gasteiger partial charge in [0, 0.05) is 50.7 Å². The Kier molecular flexibility index (Phi) is 12.4. The van der Waals surface area contributed by atoms with Crippen molar-refractivity contribution in [1.82, 2.24) is 20.4 Å². The number of aliphatic imine (C=N–C) groups is 1. The van der Waals surface area contributed by atoms with Crippen molar-refractivity contribution in [2.75, 3.05) is 58.6 Å². The third-order valence-electron chi connectivity index (χ3n) is 4.83. The maximum atomic E-state index is 4.78. The van der Waals surface area contributed by atoms with E-state index < -0.39 is 0 Å². The van der Waals surface area contributed by atoms with E-state index in [-0.39, 0.29) is 24.0 Å². The minimum absolute atomic E-state index is 0. The van der Waals surface area contributed by atoms with E-state index in [4.69, 9.17) is 4.99 Å². The molecule has 27 heavy (non-hydrogen) atoms. The first kappa shape index (κ1) is 24.5. The fourth-order valence-corrected chi connectivity index (χ4v) is 3.85. The van der Waals surface area contributed by atoms with Crippen molar-refractivity contribution < 1.29 is 0 Å². The van der Waals surface area contributed by atoms with Gasteiger partial charge in [0.2, 0.25) is 0 Å². The predicted octanol–water partition coefficient (Wildman–Crippen LogP) is 3.03. The molecule has 0 radical (unpaired) electrons. The summed E-state index contributed by atoms with van der Waals surface area (Å²) in [6.07, 6.45) is 2.13. The summed E-state index contributed by atoms with van der Waals surface area (Å²) in [7, 11) is 0. The molecule has 0 aromatic heterocycles. The van der Waals surface area contributed by atoms with Gasteiger partial charge in [0.05, 0.1) is 6.54 Å². The molecule has 0 amide bonds. The number of guanidine groups is 1. The van der Waals surface area contributed by atoms with Gasteiger partial charge in [-0.15, -0.1) is 35.7 Å². The van der Waals surface area contributed by atoms with Crippen molar-refractivity contribution in [3.05, 3.63) is 29.3 Å². The molecule has 154 valence electrons. The zero-order valence-corrected chi connectivity index (χ0v) is 20.4. The summed E-state index contributed by atoms with van der Waals surface area (Å²) >= 11 is 1.79. The number of halogens is 1. The molecule has 0 bridgehead atoms. The zero-order valence-electron chi connectivity index (χ0n) is 17.3. The number of thioether (sulfide) groups is 1. The van der Waals surface area contributed by atoms with Crippen molar-refractivity contribution in [1.29, 1.82) is 0 Å². The van der Waals surface area contributed by atoms with E-state index >= 15 is 0 Å². The van der Waals surface area contributed by atoms with Gasteiger partial charge in [-0.2, -0.15) is 0 Å². The van der Waals surface area contributed by atoms with Crippen molar-refractivity contribution >= 4 is 41.7 Å². The Bertz CT molecular complexity index is 573. The number of hydrogen-bond acceptors (Lipinski definition) is 4. The minimum Gasteiger partial charge on any atom is -0.357 e. The van der Waals surface area contributed by atoms with Crippen molar-refractivity contribution in [2.45, 2.75) is 32.2 Å². The van der Waals surface area contributed by atoms with Gasteiger partial charge in [-0.3, -0.25) is 4.90 Å². The van der Waals surface area contributed by atoms with E-state index in [1.807, 2.05) is 0 Å². The Morgan fingerprint density at radius 2 is 1.81 bits per heavy atom. The summed E-state index contributed by atoms with van der Waals surface area (Å²) in [6, 6.07) is 6.61. The molecule has 0 atom stereocenters. The largest absolute Gasteiger partial charge is 0.357 e. The van der Waals surface area contributed by atoms with Gasteiger partial charge in [0.25, 0.3) is 0 Å². The quantitative estimate of drug-likeness (QED) is 0.246. The summed E-state index contributed by atoms with van der Waals surface area (Å²) in [6.45, 7) is 16.0. The second-order valence-electron chi connectivity index (χ2n) is 6.71. The van der Waals surface area contributed by atoms with Crippen LogP contribution in [-0.4, -0.2) is 74.4 Å². The summed E-state index contributed by atoms with van der Waals surface area (Å²) in [5.41, 5.74) is 2.59. The molecule has 1 saturated heterocycles. The lowest BCUT2D eigenvalue weighted by Crippen LogP contribution is -2.49. The van der Waals surface area contributed by atoms with Crippen molar-refractivity contribution in [3.63, 3.8) is 0 Å². The van der Waals surface area contributed by atoms with Gasteiger partial charge >= 0.3 is 0 Å². The van der Waals surface area contributed by atoms with Crippen LogP contribution in [0, 0.1) is 6.92 Å². The van der Waals surface area contributed by atoms with Crippen LogP contribution in [0.15, 0.2) is 28.1 Å². The molecule has 2 N–H and O–H groups in total. The first-order valence-electron chi connectivity index (χ1n) is 9.76. The highest BCUT2D eigenvalue weighted by molar-refractivity contribution is 14.0. The van der Waals surface area contributed by atoms with Crippen molar-refractivity contribution in [2.24, 2.45) is 4.99 Å². The molecule has 7 heteroatoms. The maximum Gasteiger partial charge on any atom is 0.191 e. The molecule has 1 fully saturated rings. The number of nitrogens with one attached hydrogen (secondary N) is 2. The SMILES string of the molecule is CCNC(=NCc1ccc(C)cc1SC)NCCN1CCN(CC)CC1.I. The van der Waals surface area contributed by atoms with E-state index in [1.165, 1.54) is 48.7 Å². The number of rotatable bonds is 8. The van der Waals surface area contributed by atoms with E-state index in [0.717, 1.165) is 25.6 Å². The van der Waals surface area contributed by atoms with Gasteiger partial charge in [0.15, 0.2) is 5.96 Å². The van der Waals surface area contributed by atoms with Crippen LogP contribution in [0.1, 0.15) is 25.0 Å². The Labute approximate surface area is 186 Å². The van der Waals surface area contributed by atoms with Crippen LogP contribution in [0.25, 0.3) is 0 Å². The van der Waals surface area contributed by atoms with E-state index in [0.29, 0.717) is 6.54 Å². The first-order valence-corrected chi connectivity index (χ1v) is 11.0. The number of hydrogen-bond donors (Lipinski definition) is 2. The molecule has 2 rings (SSSR count). The lowest BCUT2D eigenvalue weighted by atomic mass is 10.1. The summed E-state index contributed by atoms with van der Waals surface area (Å²) in [5, 5.41) is 6.85. The highest BCUT2D eigenvalue weighted by Crippen LogP contribution is 2.22. The standard InChI is InChI=1S/C20H35N5S.HI/c1-5-21-20(22-9-10-25-13-11-24(6-2)12-14-25)23-16-18-8-7-17(3)15-19(18)26-4;/h7-8,15H,5-6,9-14,16H2,1-4H3,(H2,21,22,23);1H. The van der Waals surface area contributed by atoms with Gasteiger partial charge in [0.1, 0.15) is 0 Å². The van der Waals surface area contributed by atoms with E-state index in [1.54, 1.807) is 11.8 Å². The molecule has 1 aliphatic rings. The molecule has 0 spiro atoms. The van der Waals surface area contributed by atoms with Crippen LogP contribution in [0.4, 0.5) is 0 Å². The molecule has 1 aromatic rings. The van der Waals surface area contributed by atoms with Crippen molar-refractivity contribution in [3.8, 4) is 0 Å². The number of piperazine rings is 1. The summed E-state index contributed by atoms with van der Waals surface area (Å²) in [4.78, 5) is 11.2. The van der Waals surface area contributed by atoms with E-state index in [9.17, 15) is 0 Å². The lowest BCUT2D eigenvalue weighted by Gasteiger charge is -2.34. The summed E-state index contributed by atoms with van der Waals surface area (Å²) in [5.74, 6) is 0.910. The molecule has 5 nitrogen and oxygen atoms in total. The highest BCUT2D eigenvalue weighted by Gasteiger charge is 2.14. The van der Waals surface area contributed by atoms with E-state index in [2.05, 4.69) is 65.7 Å². The lowest BCUT2D eigenvalue weighted by molar-refractivity contribution is 0.139. The maximum absolute atomic E-state index is 4.78. The smallest absolute Gasteiger partial charge is 0.191 e. The van der Waals surface area contributed by atoms with Gasteiger partial charge in [-0.25, -0.2) is 4.99 Å². The molecule has 0 aliphatic carbocycles. The third kappa shape index (κ3) is 8.58. The average Bonchev–Trinajstić information content (AvgIpc) is 2.67. The second-order valence-corrected chi connectivity index (χ2v) is 7.56. The number of aryl methyl sites for hydroxylation is 1. The Hall–Kier alpha value is -0.510. The monoisotopic (exact) mass is 505 g/mol. The molecule has 1 heterocycles. The second kappa shape index (κ2) is 13.6.